The van der Waals surface area contributed by atoms with Crippen LogP contribution in [-0.2, 0) is 4.79 Å². The maximum absolute atomic E-state index is 11.4. The van der Waals surface area contributed by atoms with Gasteiger partial charge in [0.2, 0.25) is 0 Å². The highest BCUT2D eigenvalue weighted by Gasteiger charge is 2.40. The Kier molecular flexibility index (Phi) is 1.72. The standard InChI is InChI=1S/C9H14O2/c10-5-6-3-7-1-2-8(4-6)9(7)11/h6-8,10H,1-5H2/t7-,8-/m1/s1. The summed E-state index contributed by atoms with van der Waals surface area (Å²) in [7, 11) is 0. The first-order valence-electron chi connectivity index (χ1n) is 4.46. The second kappa shape index (κ2) is 2.59. The van der Waals surface area contributed by atoms with Crippen molar-refractivity contribution in [2.75, 3.05) is 6.61 Å². The lowest BCUT2D eigenvalue weighted by atomic mass is 9.80. The molecule has 62 valence electrons. The number of hydrogen-bond acceptors (Lipinski definition) is 2. The van der Waals surface area contributed by atoms with Crippen LogP contribution in [0, 0.1) is 17.8 Å². The van der Waals surface area contributed by atoms with Gasteiger partial charge in [-0.15, -0.1) is 0 Å². The number of aliphatic hydroxyl groups is 1. The molecule has 2 aliphatic rings. The van der Waals surface area contributed by atoms with Crippen LogP contribution in [0.5, 0.6) is 0 Å². The number of carbonyl (C=O) groups excluding carboxylic acids is 1. The molecule has 11 heavy (non-hydrogen) atoms. The molecule has 0 aromatic rings. The molecular formula is C9H14O2. The van der Waals surface area contributed by atoms with Crippen molar-refractivity contribution in [2.24, 2.45) is 17.8 Å². The molecule has 2 nitrogen and oxygen atoms in total. The van der Waals surface area contributed by atoms with Gasteiger partial charge in [-0.3, -0.25) is 4.79 Å². The Morgan fingerprint density at radius 3 is 2.27 bits per heavy atom. The fourth-order valence-corrected chi connectivity index (χ4v) is 2.54. The predicted octanol–water partition coefficient (Wildman–Crippen LogP) is 0.984. The Hall–Kier alpha value is -0.370. The fraction of sp³-hybridized carbons (Fsp3) is 0.889. The number of rotatable bonds is 1. The Labute approximate surface area is 66.6 Å². The number of ketones is 1. The zero-order chi connectivity index (χ0) is 7.84. The van der Waals surface area contributed by atoms with Crippen LogP contribution in [0.3, 0.4) is 0 Å². The summed E-state index contributed by atoms with van der Waals surface area (Å²) >= 11 is 0. The molecule has 0 aromatic heterocycles. The first-order chi connectivity index (χ1) is 5.31. The molecule has 2 heteroatoms. The number of aliphatic hydroxyl groups excluding tert-OH is 1. The fourth-order valence-electron chi connectivity index (χ4n) is 2.54. The molecule has 0 unspecified atom stereocenters. The molecule has 2 bridgehead atoms. The quantitative estimate of drug-likeness (QED) is 0.611. The van der Waals surface area contributed by atoms with E-state index in [-0.39, 0.29) is 6.61 Å². The Bertz CT molecular complexity index is 160. The van der Waals surface area contributed by atoms with E-state index in [1.54, 1.807) is 0 Å². The summed E-state index contributed by atoms with van der Waals surface area (Å²) in [6, 6.07) is 0. The summed E-state index contributed by atoms with van der Waals surface area (Å²) in [6.45, 7) is 0.278. The van der Waals surface area contributed by atoms with E-state index in [0.29, 0.717) is 23.5 Å². The van der Waals surface area contributed by atoms with Crippen molar-refractivity contribution in [3.8, 4) is 0 Å². The largest absolute Gasteiger partial charge is 0.396 e. The van der Waals surface area contributed by atoms with Crippen LogP contribution in [0.4, 0.5) is 0 Å². The van der Waals surface area contributed by atoms with Crippen LogP contribution in [-0.4, -0.2) is 17.5 Å². The average molecular weight is 154 g/mol. The molecule has 0 saturated heterocycles. The minimum atomic E-state index is 0.278. The van der Waals surface area contributed by atoms with E-state index in [1.165, 1.54) is 0 Å². The van der Waals surface area contributed by atoms with E-state index in [1.807, 2.05) is 0 Å². The zero-order valence-corrected chi connectivity index (χ0v) is 6.62. The topological polar surface area (TPSA) is 37.3 Å². The Balaban J connectivity index is 2.08. The van der Waals surface area contributed by atoms with Gasteiger partial charge in [-0.2, -0.15) is 0 Å². The molecule has 2 aliphatic carbocycles. The molecule has 0 radical (unpaired) electrons. The smallest absolute Gasteiger partial charge is 0.139 e. The first-order valence-corrected chi connectivity index (χ1v) is 4.46. The average Bonchev–Trinajstić information content (AvgIpc) is 2.26. The summed E-state index contributed by atoms with van der Waals surface area (Å²) in [4.78, 5) is 11.4. The van der Waals surface area contributed by atoms with E-state index >= 15 is 0 Å². The molecule has 2 rings (SSSR count). The molecule has 0 aromatic carbocycles. The van der Waals surface area contributed by atoms with Gasteiger partial charge in [-0.25, -0.2) is 0 Å². The second-order valence-electron chi connectivity index (χ2n) is 3.89. The van der Waals surface area contributed by atoms with Crippen LogP contribution >= 0.6 is 0 Å². The van der Waals surface area contributed by atoms with Crippen molar-refractivity contribution in [3.63, 3.8) is 0 Å². The third-order valence-corrected chi connectivity index (χ3v) is 3.16. The molecule has 0 amide bonds. The van der Waals surface area contributed by atoms with Gasteiger partial charge in [0, 0.05) is 18.4 Å². The highest BCUT2D eigenvalue weighted by atomic mass is 16.3. The highest BCUT2D eigenvalue weighted by molar-refractivity contribution is 5.86. The number of fused-ring (bicyclic) bond motifs is 2. The Morgan fingerprint density at radius 1 is 1.27 bits per heavy atom. The summed E-state index contributed by atoms with van der Waals surface area (Å²) in [5, 5.41) is 8.93. The van der Waals surface area contributed by atoms with Gasteiger partial charge in [0.25, 0.3) is 0 Å². The van der Waals surface area contributed by atoms with Crippen molar-refractivity contribution in [1.82, 2.24) is 0 Å². The zero-order valence-electron chi connectivity index (χ0n) is 6.62. The molecule has 2 fully saturated rings. The van der Waals surface area contributed by atoms with E-state index in [4.69, 9.17) is 5.11 Å². The summed E-state index contributed by atoms with van der Waals surface area (Å²) in [5.74, 6) is 1.52. The molecule has 2 atom stereocenters. The molecule has 1 N–H and O–H groups in total. The number of carbonyl (C=O) groups is 1. The summed E-state index contributed by atoms with van der Waals surface area (Å²) in [6.07, 6.45) is 4.07. The lowest BCUT2D eigenvalue weighted by molar-refractivity contribution is -0.127. The summed E-state index contributed by atoms with van der Waals surface area (Å²) < 4.78 is 0. The van der Waals surface area contributed by atoms with Crippen LogP contribution < -0.4 is 0 Å². The van der Waals surface area contributed by atoms with Crippen LogP contribution in [0.1, 0.15) is 25.7 Å². The Morgan fingerprint density at radius 2 is 1.82 bits per heavy atom. The monoisotopic (exact) mass is 154 g/mol. The third kappa shape index (κ3) is 1.09. The van der Waals surface area contributed by atoms with Gasteiger partial charge in [0.1, 0.15) is 5.78 Å². The van der Waals surface area contributed by atoms with Crippen molar-refractivity contribution < 1.29 is 9.90 Å². The highest BCUT2D eigenvalue weighted by Crippen LogP contribution is 2.41. The van der Waals surface area contributed by atoms with Crippen LogP contribution in [0.25, 0.3) is 0 Å². The van der Waals surface area contributed by atoms with Crippen molar-refractivity contribution in [1.29, 1.82) is 0 Å². The van der Waals surface area contributed by atoms with Gasteiger partial charge < -0.3 is 5.11 Å². The van der Waals surface area contributed by atoms with Crippen molar-refractivity contribution in [3.05, 3.63) is 0 Å². The summed E-state index contributed by atoms with van der Waals surface area (Å²) in [5.41, 5.74) is 0. The number of Topliss-reactive ketones (excluding diaryl/α,β-unsaturated/α-hetero) is 1. The minimum Gasteiger partial charge on any atom is -0.396 e. The first kappa shape index (κ1) is 7.29. The maximum Gasteiger partial charge on any atom is 0.139 e. The lowest BCUT2D eigenvalue weighted by Crippen LogP contribution is -2.27. The van der Waals surface area contributed by atoms with Crippen LogP contribution in [0.2, 0.25) is 0 Å². The second-order valence-corrected chi connectivity index (χ2v) is 3.89. The maximum atomic E-state index is 11.4. The molecule has 0 heterocycles. The van der Waals surface area contributed by atoms with E-state index in [9.17, 15) is 4.79 Å². The number of hydrogen-bond donors (Lipinski definition) is 1. The van der Waals surface area contributed by atoms with Gasteiger partial charge in [0.15, 0.2) is 0 Å². The minimum absolute atomic E-state index is 0.278. The third-order valence-electron chi connectivity index (χ3n) is 3.16. The van der Waals surface area contributed by atoms with E-state index < -0.39 is 0 Å². The normalized spacial score (nSPS) is 43.0. The van der Waals surface area contributed by atoms with E-state index in [0.717, 1.165) is 25.7 Å². The predicted molar refractivity (Wildman–Crippen MR) is 41.0 cm³/mol. The van der Waals surface area contributed by atoms with Gasteiger partial charge in [-0.1, -0.05) is 0 Å². The van der Waals surface area contributed by atoms with E-state index in [2.05, 4.69) is 0 Å². The molecule has 2 saturated carbocycles. The van der Waals surface area contributed by atoms with Crippen molar-refractivity contribution in [2.45, 2.75) is 25.7 Å². The van der Waals surface area contributed by atoms with Gasteiger partial charge in [0.05, 0.1) is 0 Å². The van der Waals surface area contributed by atoms with Gasteiger partial charge in [-0.05, 0) is 31.6 Å². The molecule has 0 aliphatic heterocycles. The molecule has 0 spiro atoms. The lowest BCUT2D eigenvalue weighted by Gasteiger charge is -2.24. The van der Waals surface area contributed by atoms with Crippen molar-refractivity contribution >= 4 is 5.78 Å². The van der Waals surface area contributed by atoms with Gasteiger partial charge >= 0.3 is 0 Å². The SMILES string of the molecule is O=C1[C@@H]2CC[C@@H]1CC(CO)C2. The molecular weight excluding hydrogens is 140 g/mol. The van der Waals surface area contributed by atoms with Crippen LogP contribution in [0.15, 0.2) is 0 Å².